The van der Waals surface area contributed by atoms with Gasteiger partial charge in [-0.05, 0) is 36.4 Å². The molecular formula is C24H23N3O4S. The molecule has 0 saturated carbocycles. The van der Waals surface area contributed by atoms with E-state index in [-0.39, 0.29) is 0 Å². The molecule has 0 amide bonds. The lowest BCUT2D eigenvalue weighted by molar-refractivity contribution is 0.234. The number of hydrogen-bond acceptors (Lipinski definition) is 6. The Morgan fingerprint density at radius 3 is 2.69 bits per heavy atom. The molecule has 1 N–H and O–H groups in total. The van der Waals surface area contributed by atoms with Crippen LogP contribution in [0.5, 0.6) is 5.75 Å². The van der Waals surface area contributed by atoms with Crippen molar-refractivity contribution >= 4 is 20.9 Å². The second-order valence-corrected chi connectivity index (χ2v) is 9.92. The number of nitrogens with one attached hydrogen (secondary N) is 1. The Hall–Kier alpha value is -3.07. The average Bonchev–Trinajstić information content (AvgIpc) is 3.50. The fraction of sp³-hybridized carbons (Fsp3) is 0.250. The third-order valence-electron chi connectivity index (χ3n) is 6.21. The zero-order valence-corrected chi connectivity index (χ0v) is 18.3. The van der Waals surface area contributed by atoms with Gasteiger partial charge in [0.25, 0.3) is 10.0 Å². The zero-order chi connectivity index (χ0) is 21.7. The largest absolute Gasteiger partial charge is 0.486 e. The minimum Gasteiger partial charge on any atom is -0.486 e. The van der Waals surface area contributed by atoms with Crippen molar-refractivity contribution in [2.24, 2.45) is 0 Å². The van der Waals surface area contributed by atoms with Gasteiger partial charge in [0.1, 0.15) is 18.1 Å². The van der Waals surface area contributed by atoms with E-state index in [1.165, 1.54) is 3.97 Å². The Morgan fingerprint density at radius 1 is 1.03 bits per heavy atom. The van der Waals surface area contributed by atoms with E-state index in [2.05, 4.69) is 10.2 Å². The Balaban J connectivity index is 1.50. The second-order valence-electron chi connectivity index (χ2n) is 8.17. The Labute approximate surface area is 186 Å². The number of fused-ring (bicyclic) bond motifs is 5. The number of hydrogen-bond donors (Lipinski definition) is 1. The summed E-state index contributed by atoms with van der Waals surface area (Å²) in [5, 5.41) is 4.29. The van der Waals surface area contributed by atoms with E-state index in [4.69, 9.17) is 9.15 Å². The molecule has 32 heavy (non-hydrogen) atoms. The Morgan fingerprint density at radius 2 is 1.88 bits per heavy atom. The van der Waals surface area contributed by atoms with E-state index >= 15 is 0 Å². The third kappa shape index (κ3) is 3.06. The summed E-state index contributed by atoms with van der Waals surface area (Å²) in [6.07, 6.45) is 1.62. The first kappa shape index (κ1) is 19.6. The van der Waals surface area contributed by atoms with E-state index in [1.54, 1.807) is 18.4 Å². The van der Waals surface area contributed by atoms with Crippen molar-refractivity contribution in [1.82, 2.24) is 14.2 Å². The minimum absolute atomic E-state index is 0.320. The van der Waals surface area contributed by atoms with Crippen molar-refractivity contribution < 1.29 is 17.6 Å². The van der Waals surface area contributed by atoms with Crippen molar-refractivity contribution in [3.63, 3.8) is 0 Å². The van der Waals surface area contributed by atoms with Crippen LogP contribution in [0.3, 0.4) is 0 Å². The van der Waals surface area contributed by atoms with Crippen LogP contribution in [-0.4, -0.2) is 43.5 Å². The number of aromatic nitrogens is 1. The summed E-state index contributed by atoms with van der Waals surface area (Å²) in [6.45, 7) is 4.72. The van der Waals surface area contributed by atoms with E-state index in [0.29, 0.717) is 29.3 Å². The number of nitrogens with zero attached hydrogens (tertiary/aromatic N) is 2. The first-order valence-corrected chi connectivity index (χ1v) is 12.2. The third-order valence-corrected chi connectivity index (χ3v) is 7.99. The predicted octanol–water partition coefficient (Wildman–Crippen LogP) is 3.44. The summed E-state index contributed by atoms with van der Waals surface area (Å²) in [7, 11) is -3.64. The number of piperazine rings is 1. The lowest BCUT2D eigenvalue weighted by Crippen LogP contribution is -2.42. The van der Waals surface area contributed by atoms with Crippen molar-refractivity contribution in [2.45, 2.75) is 18.0 Å². The molecule has 7 nitrogen and oxygen atoms in total. The molecule has 0 aliphatic carbocycles. The van der Waals surface area contributed by atoms with Crippen molar-refractivity contribution in [3.8, 4) is 17.0 Å². The van der Waals surface area contributed by atoms with Gasteiger partial charge in [0, 0.05) is 49.2 Å². The fourth-order valence-electron chi connectivity index (χ4n) is 4.70. The van der Waals surface area contributed by atoms with Crippen LogP contribution in [-0.2, 0) is 23.2 Å². The SMILES string of the molecule is O=S1(=O)c2ccccc2-c2c(CN3CCNCC3)c3cc(OCc4ccco4)ccc3n21. The smallest absolute Gasteiger partial charge is 0.269 e. The first-order chi connectivity index (χ1) is 15.6. The molecule has 4 heterocycles. The molecule has 1 saturated heterocycles. The molecule has 0 atom stereocenters. The maximum Gasteiger partial charge on any atom is 0.269 e. The molecule has 0 bridgehead atoms. The van der Waals surface area contributed by atoms with Crippen LogP contribution in [0.2, 0.25) is 0 Å². The monoisotopic (exact) mass is 449 g/mol. The molecule has 2 aromatic heterocycles. The standard InChI is InChI=1S/C24H23N3O4S/c28-32(29)23-6-2-1-5-19(23)24-21(15-26-11-9-25-10-12-26)20-14-17(7-8-22(20)27(24)32)31-16-18-4-3-13-30-18/h1-8,13-14,25H,9-12,15-16H2. The van der Waals surface area contributed by atoms with E-state index in [0.717, 1.165) is 54.1 Å². The highest BCUT2D eigenvalue weighted by Crippen LogP contribution is 2.46. The van der Waals surface area contributed by atoms with Crippen LogP contribution in [0.15, 0.2) is 70.2 Å². The highest BCUT2D eigenvalue weighted by molar-refractivity contribution is 7.90. The van der Waals surface area contributed by atoms with E-state index < -0.39 is 10.0 Å². The molecule has 4 aromatic rings. The molecule has 0 unspecified atom stereocenters. The molecule has 2 aliphatic rings. The van der Waals surface area contributed by atoms with Gasteiger partial charge in [-0.2, -0.15) is 0 Å². The van der Waals surface area contributed by atoms with Crippen LogP contribution in [0, 0.1) is 0 Å². The van der Waals surface area contributed by atoms with Crippen molar-refractivity contribution in [1.29, 1.82) is 0 Å². The van der Waals surface area contributed by atoms with Gasteiger partial charge in [-0.3, -0.25) is 4.90 Å². The molecule has 2 aromatic carbocycles. The predicted molar refractivity (Wildman–Crippen MR) is 121 cm³/mol. The first-order valence-electron chi connectivity index (χ1n) is 10.7. The van der Waals surface area contributed by atoms with Gasteiger partial charge in [0.15, 0.2) is 0 Å². The number of ether oxygens (including phenoxy) is 1. The topological polar surface area (TPSA) is 76.7 Å². The van der Waals surface area contributed by atoms with E-state index in [9.17, 15) is 8.42 Å². The molecule has 6 rings (SSSR count). The highest BCUT2D eigenvalue weighted by atomic mass is 32.2. The molecule has 0 radical (unpaired) electrons. The van der Waals surface area contributed by atoms with Crippen LogP contribution in [0.25, 0.3) is 22.2 Å². The van der Waals surface area contributed by atoms with Gasteiger partial charge in [0.05, 0.1) is 22.4 Å². The number of benzene rings is 2. The van der Waals surface area contributed by atoms with E-state index in [1.807, 2.05) is 42.5 Å². The van der Waals surface area contributed by atoms with Crippen molar-refractivity contribution in [3.05, 3.63) is 72.2 Å². The van der Waals surface area contributed by atoms with Gasteiger partial charge in [-0.15, -0.1) is 0 Å². The minimum atomic E-state index is -3.64. The molecule has 1 fully saturated rings. The van der Waals surface area contributed by atoms with Gasteiger partial charge >= 0.3 is 0 Å². The summed E-state index contributed by atoms with van der Waals surface area (Å²) in [5.41, 5.74) is 3.26. The van der Waals surface area contributed by atoms with Crippen LogP contribution >= 0.6 is 0 Å². The van der Waals surface area contributed by atoms with Crippen LogP contribution in [0.4, 0.5) is 0 Å². The summed E-state index contributed by atoms with van der Waals surface area (Å²) in [5.74, 6) is 1.42. The maximum absolute atomic E-state index is 13.5. The van der Waals surface area contributed by atoms with Gasteiger partial charge in [0.2, 0.25) is 0 Å². The lowest BCUT2D eigenvalue weighted by Gasteiger charge is -2.27. The zero-order valence-electron chi connectivity index (χ0n) is 17.5. The Bertz CT molecular complexity index is 1400. The molecule has 2 aliphatic heterocycles. The molecule has 0 spiro atoms. The molecular weight excluding hydrogens is 426 g/mol. The molecule has 8 heteroatoms. The van der Waals surface area contributed by atoms with Gasteiger partial charge in [-0.1, -0.05) is 18.2 Å². The summed E-state index contributed by atoms with van der Waals surface area (Å²) < 4.78 is 39.7. The summed E-state index contributed by atoms with van der Waals surface area (Å²) >= 11 is 0. The number of furan rings is 1. The Kier molecular flexibility index (Phi) is 4.60. The van der Waals surface area contributed by atoms with Crippen LogP contribution in [0.1, 0.15) is 11.3 Å². The second kappa shape index (κ2) is 7.51. The summed E-state index contributed by atoms with van der Waals surface area (Å²) in [6, 6.07) is 16.6. The normalized spacial score (nSPS) is 17.4. The van der Waals surface area contributed by atoms with Crippen LogP contribution < -0.4 is 10.1 Å². The number of rotatable bonds is 5. The van der Waals surface area contributed by atoms with Crippen molar-refractivity contribution in [2.75, 3.05) is 26.2 Å². The quantitative estimate of drug-likeness (QED) is 0.443. The maximum atomic E-state index is 13.5. The highest BCUT2D eigenvalue weighted by Gasteiger charge is 2.37. The lowest BCUT2D eigenvalue weighted by atomic mass is 10.0. The van der Waals surface area contributed by atoms with Gasteiger partial charge in [-0.25, -0.2) is 12.4 Å². The van der Waals surface area contributed by atoms with Gasteiger partial charge < -0.3 is 14.5 Å². The molecule has 164 valence electrons. The fourth-order valence-corrected chi connectivity index (χ4v) is 6.46. The summed E-state index contributed by atoms with van der Waals surface area (Å²) in [4.78, 5) is 2.74. The average molecular weight is 450 g/mol.